The first-order valence-electron chi connectivity index (χ1n) is 6.80. The Hall–Kier alpha value is -2.06. The summed E-state index contributed by atoms with van der Waals surface area (Å²) < 4.78 is 7.01. The summed E-state index contributed by atoms with van der Waals surface area (Å²) in [5.41, 5.74) is 3.15. The summed E-state index contributed by atoms with van der Waals surface area (Å²) in [6.07, 6.45) is 0. The molecule has 0 radical (unpaired) electrons. The van der Waals surface area contributed by atoms with E-state index in [9.17, 15) is 15.0 Å². The van der Waals surface area contributed by atoms with Gasteiger partial charge in [0.25, 0.3) is 5.91 Å². The number of rotatable bonds is 5. The lowest BCUT2D eigenvalue weighted by molar-refractivity contribution is -0.123. The van der Waals surface area contributed by atoms with Crippen LogP contribution in [0.4, 0.5) is 0 Å². The Balaban J connectivity index is 1.94. The minimum Gasteiger partial charge on any atom is -0.508 e. The molecule has 8 heteroatoms. The van der Waals surface area contributed by atoms with Gasteiger partial charge in [0.05, 0.1) is 10.2 Å². The second-order valence-corrected chi connectivity index (χ2v) is 6.57. The maximum atomic E-state index is 11.8. The predicted octanol–water partition coefficient (Wildman–Crippen LogP) is 3.54. The van der Waals surface area contributed by atoms with Crippen molar-refractivity contribution in [3.8, 4) is 17.2 Å². The summed E-state index contributed by atoms with van der Waals surface area (Å²) in [4.78, 5) is 11.8. The number of halogens is 2. The van der Waals surface area contributed by atoms with Crippen LogP contribution in [0.15, 0.2) is 50.4 Å². The van der Waals surface area contributed by atoms with Gasteiger partial charge >= 0.3 is 0 Å². The molecule has 0 aliphatic carbocycles. The molecule has 0 unspecified atom stereocenters. The fourth-order valence-electron chi connectivity index (χ4n) is 1.80. The molecule has 0 fully saturated rings. The highest BCUT2D eigenvalue weighted by atomic mass is 79.9. The zero-order chi connectivity index (χ0) is 17.7. The molecule has 3 N–H and O–H groups in total. The Labute approximate surface area is 155 Å². The SMILES string of the molecule is CC(=NNC(=O)COc1ccc(Br)cc1Br)c1ccc(O)cc1O. The van der Waals surface area contributed by atoms with Gasteiger partial charge in [0.2, 0.25) is 0 Å². The summed E-state index contributed by atoms with van der Waals surface area (Å²) >= 11 is 6.67. The number of benzene rings is 2. The van der Waals surface area contributed by atoms with E-state index in [1.807, 2.05) is 6.07 Å². The number of hydrazone groups is 1. The summed E-state index contributed by atoms with van der Waals surface area (Å²) in [5.74, 6) is -0.0882. The van der Waals surface area contributed by atoms with Crippen LogP contribution in [0.25, 0.3) is 0 Å². The molecule has 0 bridgehead atoms. The monoisotopic (exact) mass is 456 g/mol. The van der Waals surface area contributed by atoms with Gasteiger partial charge in [-0.2, -0.15) is 5.10 Å². The number of nitrogens with one attached hydrogen (secondary N) is 1. The van der Waals surface area contributed by atoms with Crippen molar-refractivity contribution in [1.29, 1.82) is 0 Å². The first-order valence-corrected chi connectivity index (χ1v) is 8.38. The number of ether oxygens (including phenoxy) is 1. The molecule has 0 aliphatic rings. The summed E-state index contributed by atoms with van der Waals surface area (Å²) in [6.45, 7) is 1.41. The standard InChI is InChI=1S/C16H14Br2N2O4/c1-9(12-4-3-11(21)7-14(12)22)19-20-16(23)8-24-15-5-2-10(17)6-13(15)18/h2-7,21-22H,8H2,1H3,(H,20,23). The molecule has 1 amide bonds. The van der Waals surface area contributed by atoms with Crippen molar-refractivity contribution in [2.45, 2.75) is 6.92 Å². The smallest absolute Gasteiger partial charge is 0.277 e. The Bertz CT molecular complexity index is 794. The summed E-state index contributed by atoms with van der Waals surface area (Å²) in [6, 6.07) is 9.46. The van der Waals surface area contributed by atoms with Crippen molar-refractivity contribution in [1.82, 2.24) is 5.43 Å². The van der Waals surface area contributed by atoms with Crippen LogP contribution in [0.1, 0.15) is 12.5 Å². The first kappa shape index (κ1) is 18.3. The van der Waals surface area contributed by atoms with E-state index in [1.54, 1.807) is 19.1 Å². The highest BCUT2D eigenvalue weighted by Crippen LogP contribution is 2.28. The molecule has 0 spiro atoms. The molecule has 0 heterocycles. The number of carbonyl (C=O) groups is 1. The molecule has 6 nitrogen and oxygen atoms in total. The highest BCUT2D eigenvalue weighted by Gasteiger charge is 2.08. The highest BCUT2D eigenvalue weighted by molar-refractivity contribution is 9.11. The van der Waals surface area contributed by atoms with E-state index in [4.69, 9.17) is 4.74 Å². The molecule has 24 heavy (non-hydrogen) atoms. The van der Waals surface area contributed by atoms with Crippen molar-refractivity contribution < 1.29 is 19.7 Å². The van der Waals surface area contributed by atoms with Crippen molar-refractivity contribution in [3.63, 3.8) is 0 Å². The summed E-state index contributed by atoms with van der Waals surface area (Å²) in [7, 11) is 0. The largest absolute Gasteiger partial charge is 0.508 e. The van der Waals surface area contributed by atoms with Crippen molar-refractivity contribution in [3.05, 3.63) is 50.9 Å². The number of nitrogens with zero attached hydrogens (tertiary/aromatic N) is 1. The maximum Gasteiger partial charge on any atom is 0.277 e. The fourth-order valence-corrected chi connectivity index (χ4v) is 2.96. The van der Waals surface area contributed by atoms with Crippen molar-refractivity contribution in [2.24, 2.45) is 5.10 Å². The number of carbonyl (C=O) groups excluding carboxylic acids is 1. The van der Waals surface area contributed by atoms with Gasteiger partial charge in [0.15, 0.2) is 6.61 Å². The molecule has 0 saturated heterocycles. The Morgan fingerprint density at radius 2 is 1.96 bits per heavy atom. The molecule has 0 aromatic heterocycles. The van der Waals surface area contributed by atoms with Crippen molar-refractivity contribution >= 4 is 43.5 Å². The average Bonchev–Trinajstić information content (AvgIpc) is 2.51. The number of amides is 1. The third kappa shape index (κ3) is 4.97. The number of aromatic hydroxyl groups is 2. The van der Waals surface area contributed by atoms with E-state index < -0.39 is 5.91 Å². The van der Waals surface area contributed by atoms with Gasteiger partial charge in [-0.3, -0.25) is 4.79 Å². The number of hydrogen-bond donors (Lipinski definition) is 3. The Morgan fingerprint density at radius 1 is 1.21 bits per heavy atom. The lowest BCUT2D eigenvalue weighted by Gasteiger charge is -2.08. The van der Waals surface area contributed by atoms with Gasteiger partial charge in [-0.15, -0.1) is 0 Å². The van der Waals surface area contributed by atoms with E-state index in [0.717, 1.165) is 8.95 Å². The van der Waals surface area contributed by atoms with Gasteiger partial charge in [-0.1, -0.05) is 15.9 Å². The van der Waals surface area contributed by atoms with Crippen LogP contribution in [0.2, 0.25) is 0 Å². The molecule has 0 saturated carbocycles. The minimum absolute atomic E-state index is 0.0541. The van der Waals surface area contributed by atoms with E-state index in [-0.39, 0.29) is 18.1 Å². The quantitative estimate of drug-likeness (QED) is 0.473. The zero-order valence-electron chi connectivity index (χ0n) is 12.6. The first-order chi connectivity index (χ1) is 11.4. The number of phenolic OH excluding ortho intramolecular Hbond substituents is 2. The fraction of sp³-hybridized carbons (Fsp3) is 0.125. The van der Waals surface area contributed by atoms with Crippen LogP contribution < -0.4 is 10.2 Å². The topological polar surface area (TPSA) is 91.2 Å². The van der Waals surface area contributed by atoms with Gasteiger partial charge in [-0.05, 0) is 53.2 Å². The van der Waals surface area contributed by atoms with Crippen LogP contribution in [-0.4, -0.2) is 28.4 Å². The van der Waals surface area contributed by atoms with E-state index in [1.165, 1.54) is 18.2 Å². The second kappa shape index (κ2) is 8.16. The zero-order valence-corrected chi connectivity index (χ0v) is 15.8. The van der Waals surface area contributed by atoms with Gasteiger partial charge in [0.1, 0.15) is 17.2 Å². The third-order valence-electron chi connectivity index (χ3n) is 2.97. The van der Waals surface area contributed by atoms with Gasteiger partial charge < -0.3 is 14.9 Å². The predicted molar refractivity (Wildman–Crippen MR) is 97.5 cm³/mol. The molecule has 2 aromatic carbocycles. The van der Waals surface area contributed by atoms with Crippen LogP contribution in [0, 0.1) is 0 Å². The molecule has 2 aromatic rings. The molecule has 0 aliphatic heterocycles. The lowest BCUT2D eigenvalue weighted by Crippen LogP contribution is -2.25. The molecular formula is C16H14Br2N2O4. The van der Waals surface area contributed by atoms with Gasteiger partial charge in [-0.25, -0.2) is 5.43 Å². The Morgan fingerprint density at radius 3 is 2.62 bits per heavy atom. The van der Waals surface area contributed by atoms with E-state index >= 15 is 0 Å². The second-order valence-electron chi connectivity index (χ2n) is 4.80. The lowest BCUT2D eigenvalue weighted by atomic mass is 10.1. The molecule has 2 rings (SSSR count). The third-order valence-corrected chi connectivity index (χ3v) is 4.09. The van der Waals surface area contributed by atoms with Crippen LogP contribution >= 0.6 is 31.9 Å². The average molecular weight is 458 g/mol. The molecule has 126 valence electrons. The minimum atomic E-state index is -0.442. The normalized spacial score (nSPS) is 11.2. The molecular weight excluding hydrogens is 444 g/mol. The summed E-state index contributed by atoms with van der Waals surface area (Å²) in [5, 5.41) is 22.9. The van der Waals surface area contributed by atoms with Gasteiger partial charge in [0, 0.05) is 16.1 Å². The number of phenols is 2. The molecule has 0 atom stereocenters. The maximum absolute atomic E-state index is 11.8. The van der Waals surface area contributed by atoms with Crippen LogP contribution in [-0.2, 0) is 4.79 Å². The number of hydrogen-bond acceptors (Lipinski definition) is 5. The Kier molecular flexibility index (Phi) is 6.22. The van der Waals surface area contributed by atoms with Crippen molar-refractivity contribution in [2.75, 3.05) is 6.61 Å². The van der Waals surface area contributed by atoms with E-state index in [2.05, 4.69) is 42.4 Å². The van der Waals surface area contributed by atoms with E-state index in [0.29, 0.717) is 17.0 Å². The van der Waals surface area contributed by atoms with Crippen LogP contribution in [0.5, 0.6) is 17.2 Å². The van der Waals surface area contributed by atoms with Crippen LogP contribution in [0.3, 0.4) is 0 Å².